The summed E-state index contributed by atoms with van der Waals surface area (Å²) < 4.78 is 6.39. The Hall–Kier alpha value is -2.60. The van der Waals surface area contributed by atoms with Crippen molar-refractivity contribution >= 4 is 16.9 Å². The first-order chi connectivity index (χ1) is 13.8. The molecule has 2 aromatic rings. The van der Waals surface area contributed by atoms with E-state index in [1.807, 2.05) is 30.3 Å². The SMILES string of the molecule is C=CCSC1=N[C@]2(C[C@H](c3ccccc3)c3ccc(O)c(O)c3O2)CC(C)(C)N1. The van der Waals surface area contributed by atoms with Crippen LogP contribution in [0.1, 0.15) is 43.7 Å². The van der Waals surface area contributed by atoms with Crippen molar-refractivity contribution in [2.75, 3.05) is 5.75 Å². The van der Waals surface area contributed by atoms with E-state index in [2.05, 4.69) is 37.9 Å². The van der Waals surface area contributed by atoms with E-state index in [9.17, 15) is 10.2 Å². The van der Waals surface area contributed by atoms with Gasteiger partial charge in [-0.2, -0.15) is 0 Å². The van der Waals surface area contributed by atoms with Gasteiger partial charge in [0, 0.05) is 35.6 Å². The van der Waals surface area contributed by atoms with E-state index in [1.165, 1.54) is 6.07 Å². The normalized spacial score (nSPS) is 24.8. The summed E-state index contributed by atoms with van der Waals surface area (Å²) >= 11 is 1.58. The second-order valence-electron chi connectivity index (χ2n) is 8.27. The molecule has 2 heterocycles. The van der Waals surface area contributed by atoms with Gasteiger partial charge in [-0.05, 0) is 25.5 Å². The minimum Gasteiger partial charge on any atom is -0.504 e. The van der Waals surface area contributed by atoms with Gasteiger partial charge in [0.1, 0.15) is 0 Å². The highest BCUT2D eigenvalue weighted by Crippen LogP contribution is 2.53. The fraction of sp³-hybridized carbons (Fsp3) is 0.348. The number of rotatable bonds is 3. The molecule has 0 fully saturated rings. The van der Waals surface area contributed by atoms with E-state index in [1.54, 1.807) is 11.8 Å². The molecule has 2 aromatic carbocycles. The number of phenolic OH excluding ortho intramolecular Hbond substituents is 2. The molecule has 4 rings (SSSR count). The standard InChI is InChI=1S/C23H26N2O3S/c1-4-12-29-21-24-22(2,3)14-23(25-21)13-17(15-8-6-5-7-9-15)16-10-11-18(26)19(27)20(16)28-23/h4-11,17,26-27H,1,12-14H2,2-3H3,(H,24,25)/t17-,23+/m1/s1. The summed E-state index contributed by atoms with van der Waals surface area (Å²) in [6.45, 7) is 8.04. The van der Waals surface area contributed by atoms with Gasteiger partial charge in [-0.15, -0.1) is 6.58 Å². The van der Waals surface area contributed by atoms with Crippen LogP contribution in [0, 0.1) is 0 Å². The Kier molecular flexibility index (Phi) is 4.99. The second kappa shape index (κ2) is 7.34. The summed E-state index contributed by atoms with van der Waals surface area (Å²) in [5.74, 6) is 0.637. The maximum atomic E-state index is 10.6. The van der Waals surface area contributed by atoms with Gasteiger partial charge >= 0.3 is 0 Å². The van der Waals surface area contributed by atoms with Crippen LogP contribution in [-0.2, 0) is 0 Å². The smallest absolute Gasteiger partial charge is 0.206 e. The van der Waals surface area contributed by atoms with E-state index < -0.39 is 5.72 Å². The van der Waals surface area contributed by atoms with Gasteiger partial charge in [-0.25, -0.2) is 4.99 Å². The van der Waals surface area contributed by atoms with Crippen LogP contribution in [0.25, 0.3) is 0 Å². The predicted octanol–water partition coefficient (Wildman–Crippen LogP) is 4.76. The fourth-order valence-electron chi connectivity index (χ4n) is 4.26. The number of amidine groups is 1. The van der Waals surface area contributed by atoms with Crippen LogP contribution in [0.15, 0.2) is 60.1 Å². The van der Waals surface area contributed by atoms with E-state index in [0.717, 1.165) is 22.0 Å². The van der Waals surface area contributed by atoms with Gasteiger partial charge < -0.3 is 20.3 Å². The van der Waals surface area contributed by atoms with Crippen molar-refractivity contribution in [3.8, 4) is 17.2 Å². The molecule has 2 aliphatic heterocycles. The summed E-state index contributed by atoms with van der Waals surface area (Å²) in [6, 6.07) is 13.5. The number of aliphatic imine (C=N–C) groups is 1. The van der Waals surface area contributed by atoms with Crippen LogP contribution in [0.5, 0.6) is 17.2 Å². The predicted molar refractivity (Wildman–Crippen MR) is 118 cm³/mol. The molecule has 0 radical (unpaired) electrons. The molecule has 2 aliphatic rings. The maximum Gasteiger partial charge on any atom is 0.206 e. The second-order valence-corrected chi connectivity index (χ2v) is 9.28. The highest BCUT2D eigenvalue weighted by Gasteiger charge is 2.49. The molecular formula is C23H26N2O3S. The Balaban J connectivity index is 1.85. The summed E-state index contributed by atoms with van der Waals surface area (Å²) in [4.78, 5) is 4.96. The maximum absolute atomic E-state index is 10.6. The number of phenols is 2. The zero-order valence-electron chi connectivity index (χ0n) is 16.7. The Bertz CT molecular complexity index is 958. The number of thioether (sulfide) groups is 1. The third kappa shape index (κ3) is 3.81. The molecule has 0 aliphatic carbocycles. The van der Waals surface area contributed by atoms with Crippen LogP contribution >= 0.6 is 11.8 Å². The van der Waals surface area contributed by atoms with Crippen molar-refractivity contribution in [1.29, 1.82) is 0 Å². The average Bonchev–Trinajstić information content (AvgIpc) is 2.68. The quantitative estimate of drug-likeness (QED) is 0.503. The van der Waals surface area contributed by atoms with Crippen LogP contribution in [0.2, 0.25) is 0 Å². The van der Waals surface area contributed by atoms with Crippen molar-refractivity contribution < 1.29 is 14.9 Å². The third-order valence-corrected chi connectivity index (χ3v) is 6.21. The molecule has 3 N–H and O–H groups in total. The summed E-state index contributed by atoms with van der Waals surface area (Å²) in [7, 11) is 0. The van der Waals surface area contributed by atoms with Gasteiger partial charge in [0.05, 0.1) is 0 Å². The van der Waals surface area contributed by atoms with E-state index in [0.29, 0.717) is 18.6 Å². The number of nitrogens with one attached hydrogen (secondary N) is 1. The van der Waals surface area contributed by atoms with Crippen molar-refractivity contribution in [3.63, 3.8) is 0 Å². The monoisotopic (exact) mass is 410 g/mol. The number of fused-ring (bicyclic) bond motifs is 1. The van der Waals surface area contributed by atoms with Crippen LogP contribution in [0.3, 0.4) is 0 Å². The number of aromatic hydroxyl groups is 2. The zero-order chi connectivity index (χ0) is 20.6. The van der Waals surface area contributed by atoms with Gasteiger partial charge in [0.15, 0.2) is 16.7 Å². The molecule has 6 heteroatoms. The minimum atomic E-state index is -0.836. The van der Waals surface area contributed by atoms with E-state index >= 15 is 0 Å². The molecular weight excluding hydrogens is 384 g/mol. The zero-order valence-corrected chi connectivity index (χ0v) is 17.5. The van der Waals surface area contributed by atoms with Crippen LogP contribution < -0.4 is 10.1 Å². The molecule has 1 spiro atoms. The Morgan fingerprint density at radius 2 is 2.00 bits per heavy atom. The van der Waals surface area contributed by atoms with Crippen molar-refractivity contribution in [2.24, 2.45) is 4.99 Å². The molecule has 152 valence electrons. The first kappa shape index (κ1) is 19.7. The molecule has 2 atom stereocenters. The van der Waals surface area contributed by atoms with Gasteiger partial charge in [0.25, 0.3) is 0 Å². The molecule has 5 nitrogen and oxygen atoms in total. The number of benzene rings is 2. The Labute approximate surface area is 175 Å². The van der Waals surface area contributed by atoms with Gasteiger partial charge in [-0.1, -0.05) is 54.2 Å². The summed E-state index contributed by atoms with van der Waals surface area (Å²) in [5.41, 5.74) is 0.922. The lowest BCUT2D eigenvalue weighted by Crippen LogP contribution is -2.57. The molecule has 0 saturated carbocycles. The summed E-state index contributed by atoms with van der Waals surface area (Å²) in [5, 5.41) is 25.0. The third-order valence-electron chi connectivity index (χ3n) is 5.34. The fourth-order valence-corrected chi connectivity index (χ4v) is 5.12. The number of hydrogen-bond donors (Lipinski definition) is 3. The molecule has 0 unspecified atom stereocenters. The summed E-state index contributed by atoms with van der Waals surface area (Å²) in [6.07, 6.45) is 3.13. The van der Waals surface area contributed by atoms with E-state index in [4.69, 9.17) is 9.73 Å². The van der Waals surface area contributed by atoms with E-state index in [-0.39, 0.29) is 23.0 Å². The molecule has 0 bridgehead atoms. The van der Waals surface area contributed by atoms with Crippen molar-refractivity contribution in [2.45, 2.75) is 43.9 Å². The van der Waals surface area contributed by atoms with Crippen molar-refractivity contribution in [1.82, 2.24) is 5.32 Å². The van der Waals surface area contributed by atoms with Crippen LogP contribution in [0.4, 0.5) is 0 Å². The molecule has 0 amide bonds. The highest BCUT2D eigenvalue weighted by atomic mass is 32.2. The number of ether oxygens (including phenoxy) is 1. The lowest BCUT2D eigenvalue weighted by atomic mass is 9.77. The topological polar surface area (TPSA) is 74.1 Å². The minimum absolute atomic E-state index is 0.00486. The highest BCUT2D eigenvalue weighted by molar-refractivity contribution is 8.13. The van der Waals surface area contributed by atoms with Crippen molar-refractivity contribution in [3.05, 3.63) is 66.2 Å². The lowest BCUT2D eigenvalue weighted by molar-refractivity contribution is 0.0108. The van der Waals surface area contributed by atoms with Gasteiger partial charge in [-0.3, -0.25) is 0 Å². The number of nitrogens with zero attached hydrogens (tertiary/aromatic N) is 1. The first-order valence-electron chi connectivity index (χ1n) is 9.73. The Morgan fingerprint density at radius 1 is 1.24 bits per heavy atom. The Morgan fingerprint density at radius 3 is 2.72 bits per heavy atom. The first-order valence-corrected chi connectivity index (χ1v) is 10.7. The molecule has 29 heavy (non-hydrogen) atoms. The lowest BCUT2D eigenvalue weighted by Gasteiger charge is -2.47. The molecule has 0 saturated heterocycles. The largest absolute Gasteiger partial charge is 0.504 e. The molecule has 0 aromatic heterocycles. The number of hydrogen-bond acceptors (Lipinski definition) is 6. The van der Waals surface area contributed by atoms with Crippen LogP contribution in [-0.4, -0.2) is 32.4 Å². The van der Waals surface area contributed by atoms with Gasteiger partial charge in [0.2, 0.25) is 11.5 Å². The average molecular weight is 411 g/mol.